The van der Waals surface area contributed by atoms with Crippen molar-refractivity contribution in [3.8, 4) is 0 Å². The van der Waals surface area contributed by atoms with E-state index in [0.717, 1.165) is 6.07 Å². The molecule has 0 saturated heterocycles. The van der Waals surface area contributed by atoms with Crippen LogP contribution in [0.25, 0.3) is 0 Å². The normalized spacial score (nSPS) is 9.50. The van der Waals surface area contributed by atoms with Gasteiger partial charge < -0.3 is 4.34 Å². The molecule has 0 fully saturated rings. The lowest BCUT2D eigenvalue weighted by molar-refractivity contribution is -0.384. The molecule has 12 heavy (non-hydrogen) atoms. The highest BCUT2D eigenvalue weighted by Crippen LogP contribution is 2.27. The Labute approximate surface area is 75.9 Å². The van der Waals surface area contributed by atoms with Crippen LogP contribution in [-0.2, 0) is 0 Å². The predicted octanol–water partition coefficient (Wildman–Crippen LogP) is 2.46. The van der Waals surface area contributed by atoms with Gasteiger partial charge in [-0.15, -0.1) is 0 Å². The zero-order valence-corrected chi connectivity index (χ0v) is 7.34. The summed E-state index contributed by atoms with van der Waals surface area (Å²) in [7, 11) is 0. The van der Waals surface area contributed by atoms with Crippen molar-refractivity contribution in [2.45, 2.75) is 0 Å². The highest BCUT2D eigenvalue weighted by Gasteiger charge is 2.15. The summed E-state index contributed by atoms with van der Waals surface area (Å²) in [5, 5.41) is 10.3. The molecule has 0 aliphatic carbocycles. The molecule has 0 amide bonds. The number of nitro benzene ring substituents is 1. The number of benzene rings is 1. The van der Waals surface area contributed by atoms with Crippen molar-refractivity contribution in [2.75, 3.05) is 4.34 Å². The van der Waals surface area contributed by atoms with Gasteiger partial charge in [-0.25, -0.2) is 4.39 Å². The van der Waals surface area contributed by atoms with Gasteiger partial charge in [0.25, 0.3) is 5.69 Å². The van der Waals surface area contributed by atoms with Crippen molar-refractivity contribution in [1.82, 2.24) is 0 Å². The largest absolute Gasteiger partial charge is 0.314 e. The minimum atomic E-state index is -0.666. The smallest absolute Gasteiger partial charge is 0.296 e. The summed E-state index contributed by atoms with van der Waals surface area (Å²) in [6, 6.07) is 3.63. The van der Waals surface area contributed by atoms with Crippen molar-refractivity contribution in [3.05, 3.63) is 34.1 Å². The minimum Gasteiger partial charge on any atom is -0.314 e. The number of para-hydroxylation sites is 1. The molecule has 0 radical (unpaired) electrons. The summed E-state index contributed by atoms with van der Waals surface area (Å²) >= 11 is 2.73. The van der Waals surface area contributed by atoms with E-state index in [1.54, 1.807) is 0 Å². The first-order valence-electron chi connectivity index (χ1n) is 2.96. The third-order valence-electron chi connectivity index (χ3n) is 1.28. The average molecular weight is 235 g/mol. The zero-order valence-electron chi connectivity index (χ0n) is 5.75. The third kappa shape index (κ3) is 1.53. The van der Waals surface area contributed by atoms with Gasteiger partial charge in [0.15, 0.2) is 11.5 Å². The van der Waals surface area contributed by atoms with Gasteiger partial charge in [0.05, 0.1) is 4.92 Å². The second-order valence-corrected chi connectivity index (χ2v) is 2.38. The van der Waals surface area contributed by atoms with E-state index in [-0.39, 0.29) is 11.4 Å². The number of nitro groups is 1. The van der Waals surface area contributed by atoms with Crippen LogP contribution in [0.1, 0.15) is 0 Å². The lowest BCUT2D eigenvalue weighted by Crippen LogP contribution is -1.95. The number of nitrogens with one attached hydrogen (secondary N) is 1. The topological polar surface area (TPSA) is 55.2 Å². The predicted molar refractivity (Wildman–Crippen MR) is 45.6 cm³/mol. The molecule has 4 nitrogen and oxygen atoms in total. The Balaban J connectivity index is 3.27. The van der Waals surface area contributed by atoms with E-state index in [1.165, 1.54) is 12.1 Å². The molecule has 6 heteroatoms. The van der Waals surface area contributed by atoms with E-state index in [1.807, 2.05) is 0 Å². The van der Waals surface area contributed by atoms with Gasteiger partial charge in [0.1, 0.15) is 0 Å². The summed E-state index contributed by atoms with van der Waals surface area (Å²) in [5.74, 6) is -0.666. The first-order valence-corrected chi connectivity index (χ1v) is 3.75. The molecule has 0 aliphatic heterocycles. The molecule has 0 bridgehead atoms. The Bertz CT molecular complexity index is 318. The van der Waals surface area contributed by atoms with Crippen molar-refractivity contribution >= 4 is 27.5 Å². The summed E-state index contributed by atoms with van der Waals surface area (Å²) < 4.78 is 15.1. The Morgan fingerprint density at radius 2 is 2.25 bits per heavy atom. The number of halogens is 2. The molecule has 0 atom stereocenters. The molecule has 1 N–H and O–H groups in total. The van der Waals surface area contributed by atoms with Crippen LogP contribution in [0.3, 0.4) is 0 Å². The fourth-order valence-corrected chi connectivity index (χ4v) is 1.15. The van der Waals surface area contributed by atoms with Crippen LogP contribution in [0.5, 0.6) is 0 Å². The minimum absolute atomic E-state index is 0.164. The van der Waals surface area contributed by atoms with Crippen LogP contribution in [0.15, 0.2) is 18.2 Å². The van der Waals surface area contributed by atoms with Crippen molar-refractivity contribution in [3.63, 3.8) is 0 Å². The Morgan fingerprint density at radius 1 is 1.58 bits per heavy atom. The molecule has 0 spiro atoms. The highest BCUT2D eigenvalue weighted by atomic mass is 79.9. The number of hydrogen-bond donors (Lipinski definition) is 1. The van der Waals surface area contributed by atoms with E-state index in [0.29, 0.717) is 0 Å². The van der Waals surface area contributed by atoms with Gasteiger partial charge in [-0.1, -0.05) is 6.07 Å². The maximum atomic E-state index is 12.8. The van der Waals surface area contributed by atoms with E-state index in [2.05, 4.69) is 20.5 Å². The van der Waals surface area contributed by atoms with Gasteiger partial charge in [-0.2, -0.15) is 0 Å². The third-order valence-corrected chi connectivity index (χ3v) is 1.68. The quantitative estimate of drug-likeness (QED) is 0.486. The van der Waals surface area contributed by atoms with Crippen LogP contribution in [-0.4, -0.2) is 4.92 Å². The van der Waals surface area contributed by atoms with Crippen molar-refractivity contribution in [2.24, 2.45) is 0 Å². The summed E-state index contributed by atoms with van der Waals surface area (Å²) in [6.45, 7) is 0. The Kier molecular flexibility index (Phi) is 2.59. The zero-order chi connectivity index (χ0) is 9.14. The molecule has 0 aliphatic rings. The van der Waals surface area contributed by atoms with Gasteiger partial charge in [-0.05, 0) is 6.07 Å². The lowest BCUT2D eigenvalue weighted by atomic mass is 10.3. The van der Waals surface area contributed by atoms with Crippen LogP contribution < -0.4 is 4.34 Å². The second-order valence-electron chi connectivity index (χ2n) is 1.99. The summed E-state index contributed by atoms with van der Waals surface area (Å²) in [4.78, 5) is 9.65. The first kappa shape index (κ1) is 8.92. The summed E-state index contributed by atoms with van der Waals surface area (Å²) in [5.41, 5.74) is -0.464. The Morgan fingerprint density at radius 3 is 2.67 bits per heavy atom. The number of hydrogen-bond acceptors (Lipinski definition) is 3. The number of nitrogens with zero attached hydrogens (tertiary/aromatic N) is 1. The molecule has 0 saturated carbocycles. The van der Waals surface area contributed by atoms with Gasteiger partial charge in [-0.3, -0.25) is 10.1 Å². The molecule has 0 heterocycles. The summed E-state index contributed by atoms with van der Waals surface area (Å²) in [6.07, 6.45) is 0. The Hall–Kier alpha value is -1.17. The highest BCUT2D eigenvalue weighted by molar-refractivity contribution is 9.10. The SMILES string of the molecule is O=[N+]([O-])c1cccc(F)c1NBr. The second kappa shape index (κ2) is 3.48. The fraction of sp³-hybridized carbons (Fsp3) is 0. The molecule has 0 unspecified atom stereocenters. The number of rotatable bonds is 2. The van der Waals surface area contributed by atoms with Gasteiger partial charge >= 0.3 is 0 Å². The molecular weight excluding hydrogens is 231 g/mol. The van der Waals surface area contributed by atoms with E-state index < -0.39 is 10.7 Å². The monoisotopic (exact) mass is 234 g/mol. The maximum Gasteiger partial charge on any atom is 0.296 e. The molecule has 1 aromatic rings. The van der Waals surface area contributed by atoms with Crippen LogP contribution in [0, 0.1) is 15.9 Å². The van der Waals surface area contributed by atoms with Crippen LogP contribution >= 0.6 is 16.1 Å². The lowest BCUT2D eigenvalue weighted by Gasteiger charge is -2.00. The molecule has 0 aromatic heterocycles. The van der Waals surface area contributed by atoms with Crippen LogP contribution in [0.2, 0.25) is 0 Å². The van der Waals surface area contributed by atoms with Gasteiger partial charge in [0.2, 0.25) is 0 Å². The van der Waals surface area contributed by atoms with Gasteiger partial charge in [0, 0.05) is 22.2 Å². The van der Waals surface area contributed by atoms with Crippen molar-refractivity contribution < 1.29 is 9.31 Å². The molecule has 64 valence electrons. The molecule has 1 rings (SSSR count). The molecular formula is C6H4BrFN2O2. The van der Waals surface area contributed by atoms with Crippen LogP contribution in [0.4, 0.5) is 15.8 Å². The number of anilines is 1. The fourth-order valence-electron chi connectivity index (χ4n) is 0.758. The van der Waals surface area contributed by atoms with E-state index in [4.69, 9.17) is 0 Å². The standard InChI is InChI=1S/C6H4BrFN2O2/c7-9-6-4(8)2-1-3-5(6)10(11)12/h1-3,9H. The molecule has 1 aromatic carbocycles. The maximum absolute atomic E-state index is 12.8. The van der Waals surface area contributed by atoms with E-state index in [9.17, 15) is 14.5 Å². The average Bonchev–Trinajstić information content (AvgIpc) is 2.03. The van der Waals surface area contributed by atoms with Crippen molar-refractivity contribution in [1.29, 1.82) is 0 Å². The van der Waals surface area contributed by atoms with E-state index >= 15 is 0 Å². The first-order chi connectivity index (χ1) is 5.66.